The summed E-state index contributed by atoms with van der Waals surface area (Å²) in [6.07, 6.45) is 3.36. The van der Waals surface area contributed by atoms with Gasteiger partial charge in [0.15, 0.2) is 17.0 Å². The summed E-state index contributed by atoms with van der Waals surface area (Å²) in [6.45, 7) is 3.85. The standard InChI is InChI=1S/C25H25Cl2N7O/c1-2-28-25(35)33-13-5-6-17(14-33)31-22-21-24(30-15-29-22)34(18-11-9-16(26)10-12-18)23(32-21)19-7-3-4-8-20(19)27/h3-4,7-12,15,17H,2,5-6,13-14H2,1H3,(H,28,35)(H,29,30,31)/t17-/m1/s1. The predicted octanol–water partition coefficient (Wildman–Crippen LogP) is 5.40. The highest BCUT2D eigenvalue weighted by molar-refractivity contribution is 6.33. The molecule has 0 aliphatic carbocycles. The minimum absolute atomic E-state index is 0.0418. The number of fused-ring (bicyclic) bond motifs is 1. The van der Waals surface area contributed by atoms with E-state index in [1.807, 2.05) is 64.9 Å². The van der Waals surface area contributed by atoms with Crippen LogP contribution in [0.1, 0.15) is 19.8 Å². The number of hydrogen-bond donors (Lipinski definition) is 2. The lowest BCUT2D eigenvalue weighted by molar-refractivity contribution is 0.183. The summed E-state index contributed by atoms with van der Waals surface area (Å²) in [4.78, 5) is 28.2. The van der Waals surface area contributed by atoms with Crippen molar-refractivity contribution in [1.29, 1.82) is 0 Å². The van der Waals surface area contributed by atoms with E-state index >= 15 is 0 Å². The smallest absolute Gasteiger partial charge is 0.317 e. The number of benzene rings is 2. The number of nitrogens with zero attached hydrogens (tertiary/aromatic N) is 5. The van der Waals surface area contributed by atoms with Crippen molar-refractivity contribution < 1.29 is 4.79 Å². The quantitative estimate of drug-likeness (QED) is 0.376. The summed E-state index contributed by atoms with van der Waals surface area (Å²) in [7, 11) is 0. The minimum Gasteiger partial charge on any atom is -0.364 e. The van der Waals surface area contributed by atoms with Gasteiger partial charge < -0.3 is 15.5 Å². The molecule has 1 saturated heterocycles. The van der Waals surface area contributed by atoms with E-state index in [9.17, 15) is 4.79 Å². The second-order valence-corrected chi connectivity index (χ2v) is 9.23. The van der Waals surface area contributed by atoms with Crippen LogP contribution in [0.4, 0.5) is 10.6 Å². The van der Waals surface area contributed by atoms with Gasteiger partial charge in [0.25, 0.3) is 0 Å². The van der Waals surface area contributed by atoms with Gasteiger partial charge in [-0.15, -0.1) is 0 Å². The number of imidazole rings is 1. The molecule has 4 aromatic rings. The number of anilines is 1. The normalized spacial score (nSPS) is 15.9. The van der Waals surface area contributed by atoms with Gasteiger partial charge in [0.2, 0.25) is 0 Å². The molecule has 2 amide bonds. The average molecular weight is 510 g/mol. The molecular weight excluding hydrogens is 485 g/mol. The van der Waals surface area contributed by atoms with Gasteiger partial charge in [0.05, 0.1) is 5.02 Å². The van der Waals surface area contributed by atoms with E-state index in [0.29, 0.717) is 45.9 Å². The molecule has 35 heavy (non-hydrogen) atoms. The van der Waals surface area contributed by atoms with Crippen molar-refractivity contribution in [2.75, 3.05) is 25.0 Å². The molecule has 2 aromatic heterocycles. The van der Waals surface area contributed by atoms with Gasteiger partial charge in [-0.3, -0.25) is 4.57 Å². The second kappa shape index (κ2) is 10.1. The fourth-order valence-corrected chi connectivity index (χ4v) is 4.74. The SMILES string of the molecule is CCNC(=O)N1CCC[C@@H](Nc2ncnc3c2nc(-c2ccccc2Cl)n3-c2ccc(Cl)cc2)C1. The zero-order valence-corrected chi connectivity index (χ0v) is 20.7. The predicted molar refractivity (Wildman–Crippen MR) is 139 cm³/mol. The van der Waals surface area contributed by atoms with Crippen molar-refractivity contribution in [3.8, 4) is 17.1 Å². The number of urea groups is 1. The molecule has 1 fully saturated rings. The number of nitrogens with one attached hydrogen (secondary N) is 2. The van der Waals surface area contributed by atoms with E-state index in [1.165, 1.54) is 6.33 Å². The number of carbonyl (C=O) groups excluding carboxylic acids is 1. The first-order valence-corrected chi connectivity index (χ1v) is 12.3. The molecule has 0 bridgehead atoms. The maximum Gasteiger partial charge on any atom is 0.317 e. The molecule has 2 aromatic carbocycles. The Morgan fingerprint density at radius 3 is 2.69 bits per heavy atom. The monoisotopic (exact) mass is 509 g/mol. The maximum absolute atomic E-state index is 12.3. The van der Waals surface area contributed by atoms with Crippen LogP contribution in [0.5, 0.6) is 0 Å². The van der Waals surface area contributed by atoms with Crippen LogP contribution < -0.4 is 10.6 Å². The molecule has 2 N–H and O–H groups in total. The zero-order chi connectivity index (χ0) is 24.4. The third kappa shape index (κ3) is 4.76. The van der Waals surface area contributed by atoms with Gasteiger partial charge >= 0.3 is 6.03 Å². The van der Waals surface area contributed by atoms with Gasteiger partial charge in [0.1, 0.15) is 12.2 Å². The first kappa shape index (κ1) is 23.4. The van der Waals surface area contributed by atoms with Crippen LogP contribution in [-0.4, -0.2) is 56.1 Å². The number of likely N-dealkylation sites (tertiary alicyclic amines) is 1. The lowest BCUT2D eigenvalue weighted by Crippen LogP contribution is -2.49. The van der Waals surface area contributed by atoms with Crippen LogP contribution in [-0.2, 0) is 0 Å². The molecule has 1 atom stereocenters. The Bertz CT molecular complexity index is 1360. The Kier molecular flexibility index (Phi) is 6.74. The highest BCUT2D eigenvalue weighted by atomic mass is 35.5. The summed E-state index contributed by atoms with van der Waals surface area (Å²) >= 11 is 12.7. The number of amides is 2. The second-order valence-electron chi connectivity index (χ2n) is 8.39. The Labute approximate surface area is 213 Å². The molecule has 1 aliphatic rings. The van der Waals surface area contributed by atoms with E-state index in [1.54, 1.807) is 0 Å². The highest BCUT2D eigenvalue weighted by Crippen LogP contribution is 2.34. The molecule has 1 aliphatic heterocycles. The Hall–Kier alpha value is -3.36. The molecule has 5 rings (SSSR count). The number of halogens is 2. The van der Waals surface area contributed by atoms with E-state index < -0.39 is 0 Å². The topological polar surface area (TPSA) is 88.0 Å². The molecule has 0 radical (unpaired) electrons. The lowest BCUT2D eigenvalue weighted by atomic mass is 10.1. The number of rotatable bonds is 5. The van der Waals surface area contributed by atoms with Crippen molar-refractivity contribution in [3.05, 3.63) is 64.9 Å². The van der Waals surface area contributed by atoms with Gasteiger partial charge in [0, 0.05) is 41.9 Å². The number of carbonyl (C=O) groups is 1. The Morgan fingerprint density at radius 2 is 1.91 bits per heavy atom. The highest BCUT2D eigenvalue weighted by Gasteiger charge is 2.26. The average Bonchev–Trinajstić information content (AvgIpc) is 3.25. The molecule has 3 heterocycles. The van der Waals surface area contributed by atoms with Crippen LogP contribution in [0.3, 0.4) is 0 Å². The van der Waals surface area contributed by atoms with Crippen LogP contribution in [0.15, 0.2) is 54.9 Å². The lowest BCUT2D eigenvalue weighted by Gasteiger charge is -2.33. The van der Waals surface area contributed by atoms with E-state index in [0.717, 1.165) is 30.6 Å². The van der Waals surface area contributed by atoms with Crippen molar-refractivity contribution >= 4 is 46.2 Å². The number of piperidine rings is 1. The fraction of sp³-hybridized carbons (Fsp3) is 0.280. The summed E-state index contributed by atoms with van der Waals surface area (Å²) in [6, 6.07) is 15.1. The van der Waals surface area contributed by atoms with Crippen molar-refractivity contribution in [3.63, 3.8) is 0 Å². The van der Waals surface area contributed by atoms with Crippen LogP contribution in [0.2, 0.25) is 10.0 Å². The molecule has 10 heteroatoms. The summed E-state index contributed by atoms with van der Waals surface area (Å²) in [5.41, 5.74) is 2.92. The minimum atomic E-state index is -0.0418. The third-order valence-electron chi connectivity index (χ3n) is 6.02. The molecule has 0 saturated carbocycles. The molecular formula is C25H25Cl2N7O. The number of hydrogen-bond acceptors (Lipinski definition) is 5. The largest absolute Gasteiger partial charge is 0.364 e. The van der Waals surface area contributed by atoms with E-state index in [2.05, 4.69) is 20.6 Å². The van der Waals surface area contributed by atoms with Gasteiger partial charge in [-0.25, -0.2) is 19.7 Å². The Morgan fingerprint density at radius 1 is 1.11 bits per heavy atom. The Balaban J connectivity index is 1.57. The van der Waals surface area contributed by atoms with Crippen LogP contribution >= 0.6 is 23.2 Å². The van der Waals surface area contributed by atoms with Crippen molar-refractivity contribution in [2.45, 2.75) is 25.8 Å². The van der Waals surface area contributed by atoms with Gasteiger partial charge in [-0.2, -0.15) is 0 Å². The third-order valence-corrected chi connectivity index (χ3v) is 6.60. The first-order valence-electron chi connectivity index (χ1n) is 11.6. The van der Waals surface area contributed by atoms with Gasteiger partial charge in [-0.05, 0) is 56.2 Å². The van der Waals surface area contributed by atoms with E-state index in [-0.39, 0.29) is 12.1 Å². The summed E-state index contributed by atoms with van der Waals surface area (Å²) in [5.74, 6) is 1.28. The van der Waals surface area contributed by atoms with E-state index in [4.69, 9.17) is 28.2 Å². The number of aromatic nitrogens is 4. The maximum atomic E-state index is 12.3. The molecule has 180 valence electrons. The van der Waals surface area contributed by atoms with Gasteiger partial charge in [-0.1, -0.05) is 35.3 Å². The van der Waals surface area contributed by atoms with Crippen LogP contribution in [0, 0.1) is 0 Å². The molecule has 8 nitrogen and oxygen atoms in total. The molecule has 0 spiro atoms. The zero-order valence-electron chi connectivity index (χ0n) is 19.2. The van der Waals surface area contributed by atoms with Crippen molar-refractivity contribution in [2.24, 2.45) is 0 Å². The van der Waals surface area contributed by atoms with Crippen molar-refractivity contribution in [1.82, 2.24) is 29.7 Å². The summed E-state index contributed by atoms with van der Waals surface area (Å²) in [5, 5.41) is 7.63. The first-order chi connectivity index (χ1) is 17.0. The molecule has 0 unspecified atom stereocenters. The fourth-order valence-electron chi connectivity index (χ4n) is 4.39. The van der Waals surface area contributed by atoms with Crippen LogP contribution in [0.25, 0.3) is 28.2 Å². The summed E-state index contributed by atoms with van der Waals surface area (Å²) < 4.78 is 1.96.